The van der Waals surface area contributed by atoms with Gasteiger partial charge in [-0.2, -0.15) is 4.31 Å². The van der Waals surface area contributed by atoms with Gasteiger partial charge in [0.15, 0.2) is 0 Å². The summed E-state index contributed by atoms with van der Waals surface area (Å²) in [7, 11) is -4.18. The molecule has 0 spiro atoms. The van der Waals surface area contributed by atoms with E-state index < -0.39 is 34.4 Å². The molecule has 2 fully saturated rings. The van der Waals surface area contributed by atoms with Gasteiger partial charge in [-0.15, -0.1) is 0 Å². The van der Waals surface area contributed by atoms with Crippen LogP contribution in [0.4, 0.5) is 0 Å². The van der Waals surface area contributed by atoms with E-state index in [9.17, 15) is 13.5 Å². The van der Waals surface area contributed by atoms with Crippen molar-refractivity contribution in [1.82, 2.24) is 4.31 Å². The molecule has 1 aromatic rings. The molecule has 23 heavy (non-hydrogen) atoms. The van der Waals surface area contributed by atoms with Crippen LogP contribution in [-0.4, -0.2) is 55.3 Å². The van der Waals surface area contributed by atoms with Crippen molar-refractivity contribution in [2.24, 2.45) is 0 Å². The van der Waals surface area contributed by atoms with Crippen LogP contribution in [-0.2, 0) is 19.3 Å². The first kappa shape index (κ1) is 16.9. The van der Waals surface area contributed by atoms with Gasteiger partial charge in [0, 0.05) is 13.1 Å². The van der Waals surface area contributed by atoms with E-state index in [0.717, 1.165) is 0 Å². The van der Waals surface area contributed by atoms with E-state index in [-0.39, 0.29) is 18.0 Å². The molecular formula is C15H22BNO5S. The topological polar surface area (TPSA) is 76.1 Å². The third-order valence-corrected chi connectivity index (χ3v) is 6.68. The molecule has 0 radical (unpaired) electrons. The number of β-amino-alcohol motifs (C(OH)–C–C–N with tert-alkyl or cyclic N) is 1. The second-order valence-corrected chi connectivity index (χ2v) is 9.07. The first-order chi connectivity index (χ1) is 10.5. The smallest absolute Gasteiger partial charge is 0.399 e. The summed E-state index contributed by atoms with van der Waals surface area (Å²) in [4.78, 5) is 0.191. The fraction of sp³-hybridized carbons (Fsp3) is 0.600. The summed E-state index contributed by atoms with van der Waals surface area (Å²) in [6, 6.07) is 6.62. The Bertz CT molecular complexity index is 696. The van der Waals surface area contributed by atoms with Crippen molar-refractivity contribution in [1.29, 1.82) is 0 Å². The first-order valence-corrected chi connectivity index (χ1v) is 9.11. The lowest BCUT2D eigenvalue weighted by Gasteiger charge is -2.34. The molecule has 2 heterocycles. The standard InChI is InChI=1S/C15H22BNO5S/c1-14(2)15(3,4)22-16(21-14)11-6-5-7-13(8-11)23(19,20)17-9-12(18)10-17/h5-8,12,18H,9-10H2,1-4H3. The van der Waals surface area contributed by atoms with Gasteiger partial charge in [-0.1, -0.05) is 12.1 Å². The molecule has 3 rings (SSSR count). The molecule has 0 aromatic heterocycles. The maximum Gasteiger partial charge on any atom is 0.494 e. The minimum absolute atomic E-state index is 0.142. The normalized spacial score (nSPS) is 24.7. The van der Waals surface area contributed by atoms with Crippen molar-refractivity contribution in [2.45, 2.75) is 49.9 Å². The van der Waals surface area contributed by atoms with Gasteiger partial charge in [-0.05, 0) is 45.3 Å². The molecule has 1 aromatic carbocycles. The fourth-order valence-corrected chi connectivity index (χ4v) is 4.13. The van der Waals surface area contributed by atoms with Crippen LogP contribution in [0.25, 0.3) is 0 Å². The van der Waals surface area contributed by atoms with Gasteiger partial charge < -0.3 is 14.4 Å². The molecule has 6 nitrogen and oxygen atoms in total. The summed E-state index contributed by atoms with van der Waals surface area (Å²) >= 11 is 0. The third-order valence-electron chi connectivity index (χ3n) is 4.85. The molecular weight excluding hydrogens is 317 g/mol. The third kappa shape index (κ3) is 2.83. The highest BCUT2D eigenvalue weighted by Gasteiger charge is 2.51. The second-order valence-electron chi connectivity index (χ2n) is 7.14. The van der Waals surface area contributed by atoms with E-state index in [0.29, 0.717) is 5.46 Å². The zero-order valence-corrected chi connectivity index (χ0v) is 14.6. The van der Waals surface area contributed by atoms with E-state index in [1.807, 2.05) is 27.7 Å². The van der Waals surface area contributed by atoms with Crippen molar-refractivity contribution < 1.29 is 22.8 Å². The fourth-order valence-electron chi connectivity index (χ4n) is 2.56. The highest BCUT2D eigenvalue weighted by atomic mass is 32.2. The zero-order valence-electron chi connectivity index (χ0n) is 13.8. The lowest BCUT2D eigenvalue weighted by atomic mass is 9.79. The zero-order chi connectivity index (χ0) is 17.0. The van der Waals surface area contributed by atoms with Crippen LogP contribution in [0, 0.1) is 0 Å². The van der Waals surface area contributed by atoms with E-state index in [2.05, 4.69) is 0 Å². The molecule has 2 saturated heterocycles. The maximum absolute atomic E-state index is 12.5. The first-order valence-electron chi connectivity index (χ1n) is 7.67. The monoisotopic (exact) mass is 339 g/mol. The van der Waals surface area contributed by atoms with Gasteiger partial charge in [-0.25, -0.2) is 8.42 Å². The maximum atomic E-state index is 12.5. The Labute approximate surface area is 137 Å². The lowest BCUT2D eigenvalue weighted by Crippen LogP contribution is -2.53. The quantitative estimate of drug-likeness (QED) is 0.805. The SMILES string of the molecule is CC1(C)OB(c2cccc(S(=O)(=O)N3CC(O)C3)c2)OC1(C)C. The highest BCUT2D eigenvalue weighted by Crippen LogP contribution is 2.36. The molecule has 8 heteroatoms. The van der Waals surface area contributed by atoms with Crippen molar-refractivity contribution in [3.05, 3.63) is 24.3 Å². The predicted molar refractivity (Wildman–Crippen MR) is 86.9 cm³/mol. The molecule has 0 saturated carbocycles. The Kier molecular flexibility index (Phi) is 3.89. The Balaban J connectivity index is 1.87. The average Bonchev–Trinajstić information content (AvgIpc) is 2.64. The Hall–Kier alpha value is -0.925. The van der Waals surface area contributed by atoms with Gasteiger partial charge in [0.25, 0.3) is 0 Å². The predicted octanol–water partition coefficient (Wildman–Crippen LogP) is 0.351. The van der Waals surface area contributed by atoms with Crippen molar-refractivity contribution in [3.63, 3.8) is 0 Å². The van der Waals surface area contributed by atoms with Crippen LogP contribution in [0.3, 0.4) is 0 Å². The number of hydrogen-bond donors (Lipinski definition) is 1. The van der Waals surface area contributed by atoms with E-state index in [1.165, 1.54) is 4.31 Å². The highest BCUT2D eigenvalue weighted by molar-refractivity contribution is 7.89. The van der Waals surface area contributed by atoms with E-state index >= 15 is 0 Å². The molecule has 0 aliphatic carbocycles. The van der Waals surface area contributed by atoms with Crippen LogP contribution in [0.2, 0.25) is 0 Å². The van der Waals surface area contributed by atoms with Crippen molar-refractivity contribution in [2.75, 3.05) is 13.1 Å². The molecule has 0 bridgehead atoms. The number of aliphatic hydroxyl groups excluding tert-OH is 1. The Morgan fingerprint density at radius 3 is 2.26 bits per heavy atom. The van der Waals surface area contributed by atoms with Crippen LogP contribution in [0.1, 0.15) is 27.7 Å². The van der Waals surface area contributed by atoms with Gasteiger partial charge in [-0.3, -0.25) is 0 Å². The number of hydrogen-bond acceptors (Lipinski definition) is 5. The average molecular weight is 339 g/mol. The van der Waals surface area contributed by atoms with Crippen LogP contribution < -0.4 is 5.46 Å². The molecule has 0 amide bonds. The molecule has 0 unspecified atom stereocenters. The van der Waals surface area contributed by atoms with Crippen LogP contribution in [0.15, 0.2) is 29.2 Å². The Morgan fingerprint density at radius 1 is 1.17 bits per heavy atom. The van der Waals surface area contributed by atoms with Crippen LogP contribution in [0.5, 0.6) is 0 Å². The van der Waals surface area contributed by atoms with E-state index in [1.54, 1.807) is 24.3 Å². The number of rotatable bonds is 3. The number of sulfonamides is 1. The largest absolute Gasteiger partial charge is 0.494 e. The second kappa shape index (κ2) is 5.29. The summed E-state index contributed by atoms with van der Waals surface area (Å²) in [5, 5.41) is 9.32. The number of aliphatic hydroxyl groups is 1. The summed E-state index contributed by atoms with van der Waals surface area (Å²) in [6.07, 6.45) is -0.573. The van der Waals surface area contributed by atoms with Gasteiger partial charge >= 0.3 is 7.12 Å². The van der Waals surface area contributed by atoms with Crippen molar-refractivity contribution >= 4 is 22.6 Å². The molecule has 2 aliphatic rings. The summed E-state index contributed by atoms with van der Waals surface area (Å²) in [5.74, 6) is 0. The van der Waals surface area contributed by atoms with Gasteiger partial charge in [0.2, 0.25) is 10.0 Å². The summed E-state index contributed by atoms with van der Waals surface area (Å²) in [6.45, 7) is 8.10. The van der Waals surface area contributed by atoms with Crippen LogP contribution >= 0.6 is 0 Å². The van der Waals surface area contributed by atoms with Crippen molar-refractivity contribution in [3.8, 4) is 0 Å². The molecule has 126 valence electrons. The minimum Gasteiger partial charge on any atom is -0.399 e. The number of benzene rings is 1. The summed E-state index contributed by atoms with van der Waals surface area (Å²) in [5.41, 5.74) is -0.284. The molecule has 0 atom stereocenters. The molecule has 2 aliphatic heterocycles. The Morgan fingerprint density at radius 2 is 1.74 bits per heavy atom. The van der Waals surface area contributed by atoms with E-state index in [4.69, 9.17) is 9.31 Å². The molecule has 1 N–H and O–H groups in total. The van der Waals surface area contributed by atoms with Gasteiger partial charge in [0.05, 0.1) is 22.2 Å². The summed E-state index contributed by atoms with van der Waals surface area (Å²) < 4.78 is 38.2. The van der Waals surface area contributed by atoms with Gasteiger partial charge in [0.1, 0.15) is 0 Å². The minimum atomic E-state index is -3.58. The number of nitrogens with zero attached hydrogens (tertiary/aromatic N) is 1. The lowest BCUT2D eigenvalue weighted by molar-refractivity contribution is 0.00578.